The van der Waals surface area contributed by atoms with Crippen LogP contribution in [0.1, 0.15) is 18.2 Å². The number of hydrogen-bond donors (Lipinski definition) is 1. The molecule has 0 fully saturated rings. The van der Waals surface area contributed by atoms with E-state index < -0.39 is 0 Å². The summed E-state index contributed by atoms with van der Waals surface area (Å²) >= 11 is 0. The van der Waals surface area contributed by atoms with Gasteiger partial charge in [-0.2, -0.15) is 0 Å². The minimum atomic E-state index is -0.209. The second-order valence-electron chi connectivity index (χ2n) is 4.14. The van der Waals surface area contributed by atoms with Crippen LogP contribution in [0.5, 0.6) is 0 Å². The quantitative estimate of drug-likeness (QED) is 0.902. The minimum Gasteiger partial charge on any atom is -0.373 e. The van der Waals surface area contributed by atoms with Crippen molar-refractivity contribution < 1.29 is 4.39 Å². The first-order valence-electron chi connectivity index (χ1n) is 5.96. The monoisotopic (exact) mass is 245 g/mol. The average Bonchev–Trinajstić information content (AvgIpc) is 2.41. The highest BCUT2D eigenvalue weighted by Crippen LogP contribution is 2.20. The third-order valence-corrected chi connectivity index (χ3v) is 2.81. The van der Waals surface area contributed by atoms with E-state index in [1.54, 1.807) is 19.1 Å². The van der Waals surface area contributed by atoms with Crippen LogP contribution in [0.4, 0.5) is 10.2 Å². The van der Waals surface area contributed by atoms with Gasteiger partial charge in [0.15, 0.2) is 5.82 Å². The molecule has 94 valence electrons. The summed E-state index contributed by atoms with van der Waals surface area (Å²) in [5.41, 5.74) is 2.40. The van der Waals surface area contributed by atoms with Crippen molar-refractivity contribution >= 4 is 5.82 Å². The van der Waals surface area contributed by atoms with Crippen molar-refractivity contribution in [1.29, 1.82) is 0 Å². The van der Waals surface area contributed by atoms with E-state index in [9.17, 15) is 4.39 Å². The molecule has 0 saturated heterocycles. The largest absolute Gasteiger partial charge is 0.373 e. The normalized spacial score (nSPS) is 10.4. The lowest BCUT2D eigenvalue weighted by Crippen LogP contribution is -2.00. The SMILES string of the molecule is CCc1cc(NC)nc(-c2ccc(F)c(C)c2)n1. The molecule has 18 heavy (non-hydrogen) atoms. The van der Waals surface area contributed by atoms with Gasteiger partial charge in [0, 0.05) is 24.4 Å². The van der Waals surface area contributed by atoms with Gasteiger partial charge in [0.1, 0.15) is 11.6 Å². The summed E-state index contributed by atoms with van der Waals surface area (Å²) < 4.78 is 13.3. The molecule has 2 rings (SSSR count). The van der Waals surface area contributed by atoms with Gasteiger partial charge in [-0.15, -0.1) is 0 Å². The van der Waals surface area contributed by atoms with Gasteiger partial charge in [-0.1, -0.05) is 6.92 Å². The van der Waals surface area contributed by atoms with Crippen LogP contribution in [0.2, 0.25) is 0 Å². The first-order valence-corrected chi connectivity index (χ1v) is 5.96. The van der Waals surface area contributed by atoms with Crippen LogP contribution in [0.15, 0.2) is 24.3 Å². The van der Waals surface area contributed by atoms with Crippen molar-refractivity contribution in [3.63, 3.8) is 0 Å². The summed E-state index contributed by atoms with van der Waals surface area (Å²) in [4.78, 5) is 8.86. The minimum absolute atomic E-state index is 0.209. The van der Waals surface area contributed by atoms with E-state index in [-0.39, 0.29) is 5.82 Å². The molecular formula is C14H16FN3. The molecule has 0 amide bonds. The maximum atomic E-state index is 13.3. The maximum absolute atomic E-state index is 13.3. The molecule has 0 spiro atoms. The Hall–Kier alpha value is -1.97. The number of nitrogens with one attached hydrogen (secondary N) is 1. The first-order chi connectivity index (χ1) is 8.63. The zero-order valence-electron chi connectivity index (χ0n) is 10.8. The van der Waals surface area contributed by atoms with Crippen molar-refractivity contribution in [2.45, 2.75) is 20.3 Å². The first kappa shape index (κ1) is 12.5. The molecule has 0 radical (unpaired) electrons. The Morgan fingerprint density at radius 3 is 2.61 bits per heavy atom. The van der Waals surface area contributed by atoms with Crippen LogP contribution in [0.3, 0.4) is 0 Å². The summed E-state index contributed by atoms with van der Waals surface area (Å²) in [6, 6.07) is 6.84. The molecule has 1 aromatic carbocycles. The van der Waals surface area contributed by atoms with Crippen LogP contribution < -0.4 is 5.32 Å². The fourth-order valence-electron chi connectivity index (χ4n) is 1.72. The highest BCUT2D eigenvalue weighted by atomic mass is 19.1. The van der Waals surface area contributed by atoms with Gasteiger partial charge in [-0.05, 0) is 37.1 Å². The van der Waals surface area contributed by atoms with E-state index in [0.29, 0.717) is 11.4 Å². The molecule has 0 saturated carbocycles. The van der Waals surface area contributed by atoms with E-state index in [0.717, 1.165) is 23.5 Å². The third-order valence-electron chi connectivity index (χ3n) is 2.81. The maximum Gasteiger partial charge on any atom is 0.161 e. The zero-order valence-corrected chi connectivity index (χ0v) is 10.8. The highest BCUT2D eigenvalue weighted by molar-refractivity contribution is 5.58. The predicted molar refractivity (Wildman–Crippen MR) is 71.1 cm³/mol. The number of aryl methyl sites for hydroxylation is 2. The molecule has 0 bridgehead atoms. The molecule has 0 aliphatic heterocycles. The number of aromatic nitrogens is 2. The van der Waals surface area contributed by atoms with Crippen LogP contribution in [0, 0.1) is 12.7 Å². The lowest BCUT2D eigenvalue weighted by atomic mass is 10.1. The Bertz CT molecular complexity index is 545. The Morgan fingerprint density at radius 2 is 2.00 bits per heavy atom. The van der Waals surface area contributed by atoms with Crippen molar-refractivity contribution in [1.82, 2.24) is 9.97 Å². The average molecular weight is 245 g/mol. The smallest absolute Gasteiger partial charge is 0.161 e. The van der Waals surface area contributed by atoms with Crippen molar-refractivity contribution in [2.75, 3.05) is 12.4 Å². The van der Waals surface area contributed by atoms with E-state index in [4.69, 9.17) is 0 Å². The lowest BCUT2D eigenvalue weighted by Gasteiger charge is -2.07. The van der Waals surface area contributed by atoms with E-state index in [1.807, 2.05) is 20.0 Å². The summed E-state index contributed by atoms with van der Waals surface area (Å²) in [5, 5.41) is 3.01. The summed E-state index contributed by atoms with van der Waals surface area (Å²) in [5.74, 6) is 1.19. The summed E-state index contributed by atoms with van der Waals surface area (Å²) in [6.07, 6.45) is 0.838. The lowest BCUT2D eigenvalue weighted by molar-refractivity contribution is 0.618. The second-order valence-corrected chi connectivity index (χ2v) is 4.14. The molecule has 1 aromatic heterocycles. The molecule has 1 N–H and O–H groups in total. The Labute approximate surface area is 106 Å². The number of anilines is 1. The fraction of sp³-hybridized carbons (Fsp3) is 0.286. The number of nitrogens with zero attached hydrogens (tertiary/aromatic N) is 2. The molecule has 1 heterocycles. The highest BCUT2D eigenvalue weighted by Gasteiger charge is 2.07. The number of hydrogen-bond acceptors (Lipinski definition) is 3. The Balaban J connectivity index is 2.51. The van der Waals surface area contributed by atoms with Gasteiger partial charge in [-0.25, -0.2) is 14.4 Å². The molecule has 3 nitrogen and oxygen atoms in total. The second kappa shape index (κ2) is 5.12. The van der Waals surface area contributed by atoms with Crippen LogP contribution >= 0.6 is 0 Å². The van der Waals surface area contributed by atoms with Crippen molar-refractivity contribution in [3.05, 3.63) is 41.3 Å². The van der Waals surface area contributed by atoms with Gasteiger partial charge >= 0.3 is 0 Å². The number of rotatable bonds is 3. The summed E-state index contributed by atoms with van der Waals surface area (Å²) in [7, 11) is 1.82. The number of benzene rings is 1. The van der Waals surface area contributed by atoms with Gasteiger partial charge < -0.3 is 5.32 Å². The van der Waals surface area contributed by atoms with Crippen molar-refractivity contribution in [3.8, 4) is 11.4 Å². The van der Waals surface area contributed by atoms with Gasteiger partial charge in [0.2, 0.25) is 0 Å². The molecular weight excluding hydrogens is 229 g/mol. The van der Waals surface area contributed by atoms with Crippen molar-refractivity contribution in [2.24, 2.45) is 0 Å². The summed E-state index contributed by atoms with van der Waals surface area (Å²) in [6.45, 7) is 3.78. The predicted octanol–water partition coefficient (Wildman–Crippen LogP) is 3.20. The topological polar surface area (TPSA) is 37.8 Å². The molecule has 0 atom stereocenters. The molecule has 4 heteroatoms. The Morgan fingerprint density at radius 1 is 1.22 bits per heavy atom. The molecule has 2 aromatic rings. The molecule has 0 unspecified atom stereocenters. The third kappa shape index (κ3) is 2.47. The van der Waals surface area contributed by atoms with Gasteiger partial charge in [0.25, 0.3) is 0 Å². The van der Waals surface area contributed by atoms with E-state index in [2.05, 4.69) is 15.3 Å². The standard InChI is InChI=1S/C14H16FN3/c1-4-11-8-13(16-3)18-14(17-11)10-5-6-12(15)9(2)7-10/h5-8H,4H2,1-3H3,(H,16,17,18). The van der Waals surface area contributed by atoms with E-state index in [1.165, 1.54) is 6.07 Å². The molecule has 0 aliphatic rings. The fourth-order valence-corrected chi connectivity index (χ4v) is 1.72. The zero-order chi connectivity index (χ0) is 13.1. The van der Waals surface area contributed by atoms with Gasteiger partial charge in [-0.3, -0.25) is 0 Å². The van der Waals surface area contributed by atoms with Crippen LogP contribution in [-0.2, 0) is 6.42 Å². The van der Waals surface area contributed by atoms with Crippen LogP contribution in [0.25, 0.3) is 11.4 Å². The van der Waals surface area contributed by atoms with E-state index >= 15 is 0 Å². The van der Waals surface area contributed by atoms with Gasteiger partial charge in [0.05, 0.1) is 0 Å². The van der Waals surface area contributed by atoms with Crippen LogP contribution in [-0.4, -0.2) is 17.0 Å². The Kier molecular flexibility index (Phi) is 3.55. The number of halogens is 1. The molecule has 0 aliphatic carbocycles.